The third-order valence-electron chi connectivity index (χ3n) is 4.26. The van der Waals surface area contributed by atoms with Gasteiger partial charge in [-0.25, -0.2) is 0 Å². The lowest BCUT2D eigenvalue weighted by Crippen LogP contribution is -2.48. The number of benzene rings is 1. The van der Waals surface area contributed by atoms with Crippen molar-refractivity contribution in [3.63, 3.8) is 0 Å². The maximum atomic E-state index is 13.0. The van der Waals surface area contributed by atoms with Gasteiger partial charge in [-0.2, -0.15) is 0 Å². The zero-order chi connectivity index (χ0) is 22.6. The van der Waals surface area contributed by atoms with Crippen molar-refractivity contribution in [2.75, 3.05) is 0 Å². The van der Waals surface area contributed by atoms with E-state index in [1.165, 1.54) is 0 Å². The van der Waals surface area contributed by atoms with Crippen molar-refractivity contribution in [2.45, 2.75) is 52.2 Å². The van der Waals surface area contributed by atoms with Gasteiger partial charge in [0.2, 0.25) is 0 Å². The van der Waals surface area contributed by atoms with Crippen molar-refractivity contribution >= 4 is 52.2 Å². The van der Waals surface area contributed by atoms with Crippen LogP contribution in [0.5, 0.6) is 5.75 Å². The Bertz CT molecular complexity index is 858. The minimum atomic E-state index is -1.75. The van der Waals surface area contributed by atoms with Gasteiger partial charge in [0.05, 0.1) is 10.9 Å². The molecule has 0 spiro atoms. The molecular weight excluding hydrogens is 426 g/mol. The summed E-state index contributed by atoms with van der Waals surface area (Å²) in [5.41, 5.74) is 0.417. The average molecular weight is 452 g/mol. The highest BCUT2D eigenvalue weighted by molar-refractivity contribution is 8.26. The lowest BCUT2D eigenvalue weighted by molar-refractivity contribution is -0.157. The maximum absolute atomic E-state index is 13.0. The fourth-order valence-corrected chi connectivity index (χ4v) is 4.45. The summed E-state index contributed by atoms with van der Waals surface area (Å²) in [6.45, 7) is 7.63. The van der Waals surface area contributed by atoms with Crippen LogP contribution in [0, 0.1) is 5.92 Å². The van der Waals surface area contributed by atoms with E-state index in [2.05, 4.69) is 0 Å². The molecule has 1 amide bonds. The molecular formula is C21H25NO6S2. The molecule has 1 saturated heterocycles. The van der Waals surface area contributed by atoms with Gasteiger partial charge in [0.25, 0.3) is 5.91 Å². The quantitative estimate of drug-likeness (QED) is 0.347. The van der Waals surface area contributed by atoms with Crippen LogP contribution >= 0.6 is 24.0 Å². The fourth-order valence-electron chi connectivity index (χ4n) is 3.08. The van der Waals surface area contributed by atoms with Crippen molar-refractivity contribution in [3.8, 4) is 5.75 Å². The summed E-state index contributed by atoms with van der Waals surface area (Å²) in [6, 6.07) is 6.14. The zero-order valence-corrected chi connectivity index (χ0v) is 18.9. The van der Waals surface area contributed by atoms with Gasteiger partial charge in [0, 0.05) is 0 Å². The molecule has 1 unspecified atom stereocenters. The number of rotatable bonds is 8. The molecule has 30 heavy (non-hydrogen) atoms. The first-order valence-electron chi connectivity index (χ1n) is 9.46. The van der Waals surface area contributed by atoms with E-state index in [1.807, 2.05) is 20.8 Å². The summed E-state index contributed by atoms with van der Waals surface area (Å²) < 4.78 is 5.94. The van der Waals surface area contributed by atoms with Crippen LogP contribution in [0.25, 0.3) is 6.08 Å². The Hall–Kier alpha value is -2.39. The number of thioether (sulfide) groups is 1. The van der Waals surface area contributed by atoms with Crippen molar-refractivity contribution in [3.05, 3.63) is 34.7 Å². The van der Waals surface area contributed by atoms with Crippen LogP contribution in [0.4, 0.5) is 0 Å². The standard InChI is InChI=1S/C21H25NO6S2/c1-5-6-14(16(18(24)25)19(26)27)22-17(23)15(30-20(22)29)11-12-7-9-13(10-8-12)28-21(2,3)4/h7-11,14,16H,5-6H2,1-4H3,(H,24,25)(H,26,27). The fraction of sp³-hybridized carbons (Fsp3) is 0.429. The average Bonchev–Trinajstić information content (AvgIpc) is 2.88. The van der Waals surface area contributed by atoms with Gasteiger partial charge in [0.15, 0.2) is 5.92 Å². The summed E-state index contributed by atoms with van der Waals surface area (Å²) in [7, 11) is 0. The Morgan fingerprint density at radius 2 is 1.77 bits per heavy atom. The number of amides is 1. The van der Waals surface area contributed by atoms with Crippen LogP contribution in [0.15, 0.2) is 29.2 Å². The van der Waals surface area contributed by atoms with E-state index in [-0.39, 0.29) is 16.3 Å². The first-order valence-corrected chi connectivity index (χ1v) is 10.7. The second kappa shape index (κ2) is 9.61. The summed E-state index contributed by atoms with van der Waals surface area (Å²) in [5.74, 6) is -4.52. The molecule has 1 aliphatic heterocycles. The molecule has 2 N–H and O–H groups in total. The van der Waals surface area contributed by atoms with E-state index in [4.69, 9.17) is 17.0 Å². The van der Waals surface area contributed by atoms with E-state index >= 15 is 0 Å². The summed E-state index contributed by atoms with van der Waals surface area (Å²) in [5, 5.41) is 18.8. The lowest BCUT2D eigenvalue weighted by Gasteiger charge is -2.29. The van der Waals surface area contributed by atoms with Gasteiger partial charge in [0.1, 0.15) is 15.7 Å². The predicted octanol–water partition coefficient (Wildman–Crippen LogP) is 4.02. The zero-order valence-electron chi connectivity index (χ0n) is 17.2. The largest absolute Gasteiger partial charge is 0.488 e. The van der Waals surface area contributed by atoms with Crippen molar-refractivity contribution in [2.24, 2.45) is 5.92 Å². The molecule has 1 aromatic rings. The maximum Gasteiger partial charge on any atom is 0.320 e. The molecule has 1 heterocycles. The Morgan fingerprint density at radius 1 is 1.20 bits per heavy atom. The topological polar surface area (TPSA) is 104 Å². The minimum absolute atomic E-state index is 0.157. The number of carbonyl (C=O) groups excluding carboxylic acids is 1. The van der Waals surface area contributed by atoms with Gasteiger partial charge in [-0.05, 0) is 51.0 Å². The number of hydrogen-bond donors (Lipinski definition) is 2. The van der Waals surface area contributed by atoms with Crippen LogP contribution in [0.3, 0.4) is 0 Å². The van der Waals surface area contributed by atoms with Crippen LogP contribution in [-0.4, -0.2) is 48.9 Å². The number of aliphatic carboxylic acids is 2. The predicted molar refractivity (Wildman–Crippen MR) is 119 cm³/mol. The highest BCUT2D eigenvalue weighted by Crippen LogP contribution is 2.37. The summed E-state index contributed by atoms with van der Waals surface area (Å²) in [4.78, 5) is 37.5. The van der Waals surface area contributed by atoms with Gasteiger partial charge < -0.3 is 14.9 Å². The number of carboxylic acid groups (broad SMARTS) is 2. The number of carboxylic acids is 2. The van der Waals surface area contributed by atoms with E-state index < -0.39 is 29.8 Å². The first-order chi connectivity index (χ1) is 13.9. The molecule has 0 aromatic heterocycles. The molecule has 1 aliphatic rings. The summed E-state index contributed by atoms with van der Waals surface area (Å²) >= 11 is 6.33. The van der Waals surface area contributed by atoms with Crippen LogP contribution < -0.4 is 4.74 Å². The molecule has 1 atom stereocenters. The van der Waals surface area contributed by atoms with Gasteiger partial charge in [-0.15, -0.1) is 0 Å². The second-order valence-corrected chi connectivity index (χ2v) is 9.52. The number of thiocarbonyl (C=S) groups is 1. The molecule has 1 fully saturated rings. The van der Waals surface area contributed by atoms with Crippen molar-refractivity contribution in [1.29, 1.82) is 0 Å². The Balaban J connectivity index is 2.29. The highest BCUT2D eigenvalue weighted by atomic mass is 32.2. The van der Waals surface area contributed by atoms with E-state index in [1.54, 1.807) is 37.3 Å². The number of carbonyl (C=O) groups is 3. The Kier molecular flexibility index (Phi) is 7.65. The number of ether oxygens (including phenoxy) is 1. The third kappa shape index (κ3) is 5.82. The second-order valence-electron chi connectivity index (χ2n) is 7.85. The molecule has 9 heteroatoms. The Morgan fingerprint density at radius 3 is 2.23 bits per heavy atom. The Labute approximate surface area is 185 Å². The van der Waals surface area contributed by atoms with Gasteiger partial charge in [-0.1, -0.05) is 49.5 Å². The number of hydrogen-bond acceptors (Lipinski definition) is 6. The van der Waals surface area contributed by atoms with Crippen LogP contribution in [0.2, 0.25) is 0 Å². The van der Waals surface area contributed by atoms with Crippen molar-refractivity contribution < 1.29 is 29.3 Å². The molecule has 7 nitrogen and oxygen atoms in total. The third-order valence-corrected chi connectivity index (χ3v) is 5.59. The normalized spacial score (nSPS) is 17.0. The van der Waals surface area contributed by atoms with Gasteiger partial charge >= 0.3 is 11.9 Å². The first kappa shape index (κ1) is 23.9. The molecule has 0 radical (unpaired) electrons. The molecule has 0 saturated carbocycles. The lowest BCUT2D eigenvalue weighted by atomic mass is 9.94. The van der Waals surface area contributed by atoms with Crippen molar-refractivity contribution in [1.82, 2.24) is 4.90 Å². The highest BCUT2D eigenvalue weighted by Gasteiger charge is 2.45. The van der Waals surface area contributed by atoms with Gasteiger partial charge in [-0.3, -0.25) is 19.3 Å². The SMILES string of the molecule is CCCC(C(C(=O)O)C(=O)O)N1C(=O)C(=Cc2ccc(OC(C)(C)C)cc2)SC1=S. The summed E-state index contributed by atoms with van der Waals surface area (Å²) in [6.07, 6.45) is 2.37. The van der Waals surface area contributed by atoms with Crippen LogP contribution in [0.1, 0.15) is 46.1 Å². The monoisotopic (exact) mass is 451 g/mol. The van der Waals surface area contributed by atoms with E-state index in [0.29, 0.717) is 17.1 Å². The van der Waals surface area contributed by atoms with Crippen LogP contribution in [-0.2, 0) is 14.4 Å². The molecule has 162 valence electrons. The molecule has 0 bridgehead atoms. The van der Waals surface area contributed by atoms with E-state index in [0.717, 1.165) is 22.2 Å². The van der Waals surface area contributed by atoms with E-state index in [9.17, 15) is 24.6 Å². The minimum Gasteiger partial charge on any atom is -0.488 e. The molecule has 1 aromatic carbocycles. The number of nitrogens with zero attached hydrogens (tertiary/aromatic N) is 1. The smallest absolute Gasteiger partial charge is 0.320 e. The molecule has 2 rings (SSSR count). The molecule has 0 aliphatic carbocycles.